The topological polar surface area (TPSA) is 63.0 Å². The molecule has 2 rings (SSSR count). The maximum atomic E-state index is 9.53. The zero-order chi connectivity index (χ0) is 13.7. The van der Waals surface area contributed by atoms with Crippen LogP contribution < -0.4 is 5.32 Å². The second-order valence-electron chi connectivity index (χ2n) is 4.62. The molecule has 0 amide bonds. The van der Waals surface area contributed by atoms with Gasteiger partial charge in [-0.25, -0.2) is 4.68 Å². The first-order chi connectivity index (χ1) is 9.20. The highest BCUT2D eigenvalue weighted by molar-refractivity contribution is 5.30. The highest BCUT2D eigenvalue weighted by atomic mass is 16.3. The molecule has 1 aromatic carbocycles. The van der Waals surface area contributed by atoms with Crippen LogP contribution in [-0.2, 0) is 0 Å². The van der Waals surface area contributed by atoms with Crippen LogP contribution in [-0.4, -0.2) is 32.7 Å². The van der Waals surface area contributed by atoms with E-state index in [4.69, 9.17) is 0 Å². The molecule has 0 fully saturated rings. The molecule has 2 N–H and O–H groups in total. The van der Waals surface area contributed by atoms with Crippen molar-refractivity contribution in [3.8, 4) is 5.69 Å². The molecule has 5 nitrogen and oxygen atoms in total. The zero-order valence-corrected chi connectivity index (χ0v) is 11.3. The molecule has 0 bridgehead atoms. The summed E-state index contributed by atoms with van der Waals surface area (Å²) in [6.45, 7) is 4.54. The van der Waals surface area contributed by atoms with Gasteiger partial charge in [0.2, 0.25) is 0 Å². The largest absolute Gasteiger partial charge is 0.392 e. The SMILES string of the molecule is CC[C@@H](O)CN[C@@H](C)c1cn(-c2ccccc2)nn1. The average Bonchev–Trinajstić information content (AvgIpc) is 2.95. The molecule has 1 heterocycles. The molecule has 1 aromatic heterocycles. The molecule has 0 radical (unpaired) electrons. The van der Waals surface area contributed by atoms with Gasteiger partial charge < -0.3 is 10.4 Å². The Kier molecular flexibility index (Phi) is 4.65. The number of para-hydroxylation sites is 1. The van der Waals surface area contributed by atoms with Gasteiger partial charge in [-0.15, -0.1) is 5.10 Å². The van der Waals surface area contributed by atoms with Crippen molar-refractivity contribution in [2.45, 2.75) is 32.4 Å². The molecule has 5 heteroatoms. The molecule has 0 saturated carbocycles. The zero-order valence-electron chi connectivity index (χ0n) is 11.3. The fourth-order valence-corrected chi connectivity index (χ4v) is 1.74. The number of hydrogen-bond acceptors (Lipinski definition) is 4. The van der Waals surface area contributed by atoms with Gasteiger partial charge in [0.1, 0.15) is 0 Å². The highest BCUT2D eigenvalue weighted by Gasteiger charge is 2.11. The van der Waals surface area contributed by atoms with Gasteiger partial charge in [-0.05, 0) is 25.5 Å². The maximum absolute atomic E-state index is 9.53. The van der Waals surface area contributed by atoms with Crippen LogP contribution in [0.25, 0.3) is 5.69 Å². The van der Waals surface area contributed by atoms with Crippen LogP contribution in [0.4, 0.5) is 0 Å². The lowest BCUT2D eigenvalue weighted by atomic mass is 10.2. The van der Waals surface area contributed by atoms with Crippen molar-refractivity contribution in [1.82, 2.24) is 20.3 Å². The summed E-state index contributed by atoms with van der Waals surface area (Å²) in [6, 6.07) is 9.94. The lowest BCUT2D eigenvalue weighted by Gasteiger charge is -2.13. The second kappa shape index (κ2) is 6.45. The standard InChI is InChI=1S/C14H20N4O/c1-3-13(19)9-15-11(2)14-10-18(17-16-14)12-7-5-4-6-8-12/h4-8,10-11,13,15,19H,3,9H2,1-2H3/t11-,13+/m0/s1. The van der Waals surface area contributed by atoms with Crippen LogP contribution in [0, 0.1) is 0 Å². The quantitative estimate of drug-likeness (QED) is 0.829. The van der Waals surface area contributed by atoms with Crippen molar-refractivity contribution in [3.63, 3.8) is 0 Å². The normalized spacial score (nSPS) is 14.3. The average molecular weight is 260 g/mol. The predicted molar refractivity (Wildman–Crippen MR) is 74.1 cm³/mol. The molecule has 0 spiro atoms. The van der Waals surface area contributed by atoms with Gasteiger partial charge in [0.15, 0.2) is 0 Å². The van der Waals surface area contributed by atoms with E-state index in [9.17, 15) is 5.11 Å². The fraction of sp³-hybridized carbons (Fsp3) is 0.429. The lowest BCUT2D eigenvalue weighted by Crippen LogP contribution is -2.28. The third-order valence-corrected chi connectivity index (χ3v) is 3.11. The van der Waals surface area contributed by atoms with Crippen molar-refractivity contribution in [2.24, 2.45) is 0 Å². The van der Waals surface area contributed by atoms with Crippen molar-refractivity contribution >= 4 is 0 Å². The van der Waals surface area contributed by atoms with E-state index in [0.29, 0.717) is 6.54 Å². The fourth-order valence-electron chi connectivity index (χ4n) is 1.74. The number of aliphatic hydroxyl groups excluding tert-OH is 1. The summed E-state index contributed by atoms with van der Waals surface area (Å²) in [7, 11) is 0. The molecule has 0 aliphatic rings. The van der Waals surface area contributed by atoms with E-state index in [1.807, 2.05) is 50.4 Å². The van der Waals surface area contributed by atoms with E-state index < -0.39 is 0 Å². The molecule has 2 atom stereocenters. The lowest BCUT2D eigenvalue weighted by molar-refractivity contribution is 0.163. The first kappa shape index (κ1) is 13.7. The summed E-state index contributed by atoms with van der Waals surface area (Å²) < 4.78 is 1.75. The minimum absolute atomic E-state index is 0.0682. The molecule has 2 aromatic rings. The Morgan fingerprint density at radius 2 is 2.05 bits per heavy atom. The van der Waals surface area contributed by atoms with Crippen LogP contribution >= 0.6 is 0 Å². The number of rotatable bonds is 6. The van der Waals surface area contributed by atoms with Crippen LogP contribution in [0.5, 0.6) is 0 Å². The first-order valence-electron chi connectivity index (χ1n) is 6.59. The summed E-state index contributed by atoms with van der Waals surface area (Å²) in [6.07, 6.45) is 2.34. The predicted octanol–water partition coefficient (Wildman–Crippen LogP) is 1.69. The summed E-state index contributed by atoms with van der Waals surface area (Å²) in [4.78, 5) is 0. The third-order valence-electron chi connectivity index (χ3n) is 3.11. The Hall–Kier alpha value is -1.72. The first-order valence-corrected chi connectivity index (χ1v) is 6.59. The minimum Gasteiger partial charge on any atom is -0.392 e. The summed E-state index contributed by atoms with van der Waals surface area (Å²) >= 11 is 0. The number of aromatic nitrogens is 3. The molecule has 0 aliphatic heterocycles. The Morgan fingerprint density at radius 1 is 1.32 bits per heavy atom. The molecule has 0 saturated heterocycles. The molecule has 102 valence electrons. The summed E-state index contributed by atoms with van der Waals surface area (Å²) in [5.41, 5.74) is 1.86. The number of aliphatic hydroxyl groups is 1. The third kappa shape index (κ3) is 3.62. The van der Waals surface area contributed by atoms with E-state index in [2.05, 4.69) is 15.6 Å². The number of hydrogen-bond donors (Lipinski definition) is 2. The van der Waals surface area contributed by atoms with E-state index in [1.165, 1.54) is 0 Å². The smallest absolute Gasteiger partial charge is 0.0998 e. The Labute approximate surface area is 113 Å². The second-order valence-corrected chi connectivity index (χ2v) is 4.62. The van der Waals surface area contributed by atoms with Crippen molar-refractivity contribution in [2.75, 3.05) is 6.54 Å². The number of nitrogens with one attached hydrogen (secondary N) is 1. The van der Waals surface area contributed by atoms with Crippen molar-refractivity contribution in [3.05, 3.63) is 42.2 Å². The van der Waals surface area contributed by atoms with Crippen LogP contribution in [0.15, 0.2) is 36.5 Å². The number of benzene rings is 1. The monoisotopic (exact) mass is 260 g/mol. The Balaban J connectivity index is 2.01. The minimum atomic E-state index is -0.313. The van der Waals surface area contributed by atoms with Gasteiger partial charge in [-0.2, -0.15) is 0 Å². The van der Waals surface area contributed by atoms with Gasteiger partial charge in [-0.3, -0.25) is 0 Å². The maximum Gasteiger partial charge on any atom is 0.0998 e. The van der Waals surface area contributed by atoms with Gasteiger partial charge in [0, 0.05) is 6.54 Å². The molecular weight excluding hydrogens is 240 g/mol. The summed E-state index contributed by atoms with van der Waals surface area (Å²) in [5, 5.41) is 21.1. The van der Waals surface area contributed by atoms with Gasteiger partial charge in [-0.1, -0.05) is 30.3 Å². The van der Waals surface area contributed by atoms with E-state index in [0.717, 1.165) is 17.8 Å². The van der Waals surface area contributed by atoms with Crippen LogP contribution in [0.2, 0.25) is 0 Å². The molecular formula is C14H20N4O. The van der Waals surface area contributed by atoms with Crippen molar-refractivity contribution < 1.29 is 5.11 Å². The van der Waals surface area contributed by atoms with Crippen LogP contribution in [0.3, 0.4) is 0 Å². The molecule has 19 heavy (non-hydrogen) atoms. The number of nitrogens with zero attached hydrogens (tertiary/aromatic N) is 3. The molecule has 0 unspecified atom stereocenters. The van der Waals surface area contributed by atoms with Gasteiger partial charge >= 0.3 is 0 Å². The van der Waals surface area contributed by atoms with Gasteiger partial charge in [0.25, 0.3) is 0 Å². The van der Waals surface area contributed by atoms with E-state index in [1.54, 1.807) is 4.68 Å². The van der Waals surface area contributed by atoms with E-state index >= 15 is 0 Å². The molecule has 0 aliphatic carbocycles. The Morgan fingerprint density at radius 3 is 2.74 bits per heavy atom. The van der Waals surface area contributed by atoms with Crippen LogP contribution in [0.1, 0.15) is 32.0 Å². The summed E-state index contributed by atoms with van der Waals surface area (Å²) in [5.74, 6) is 0. The van der Waals surface area contributed by atoms with E-state index in [-0.39, 0.29) is 12.1 Å². The highest BCUT2D eigenvalue weighted by Crippen LogP contribution is 2.11. The Bertz CT molecular complexity index is 497. The van der Waals surface area contributed by atoms with Crippen molar-refractivity contribution in [1.29, 1.82) is 0 Å². The van der Waals surface area contributed by atoms with Gasteiger partial charge in [0.05, 0.1) is 29.7 Å².